The van der Waals surface area contributed by atoms with E-state index in [9.17, 15) is 0 Å². The van der Waals surface area contributed by atoms with Crippen molar-refractivity contribution < 1.29 is 0 Å². The van der Waals surface area contributed by atoms with Gasteiger partial charge in [0.2, 0.25) is 0 Å². The van der Waals surface area contributed by atoms with Gasteiger partial charge in [-0.15, -0.1) is 11.3 Å². The fourth-order valence-corrected chi connectivity index (χ4v) is 1.67. The molecule has 0 saturated heterocycles. The standard InChI is InChI=1S/C8H13NS.2C2H6/c1-5(2)8-9-6(3)7(4)10-8;2*1-2/h5H,1-4H3;2*1-2H3. The maximum Gasteiger partial charge on any atom is 0.0956 e. The quantitative estimate of drug-likeness (QED) is 0.647. The second kappa shape index (κ2) is 9.20. The summed E-state index contributed by atoms with van der Waals surface area (Å²) in [7, 11) is 0. The molecular weight excluding hydrogens is 190 g/mol. The minimum Gasteiger partial charge on any atom is -0.246 e. The molecule has 1 aromatic rings. The first-order valence-electron chi connectivity index (χ1n) is 5.55. The van der Waals surface area contributed by atoms with Crippen LogP contribution >= 0.6 is 11.3 Å². The molecule has 0 unspecified atom stereocenters. The van der Waals surface area contributed by atoms with Gasteiger partial charge >= 0.3 is 0 Å². The van der Waals surface area contributed by atoms with E-state index in [1.165, 1.54) is 15.6 Å². The number of nitrogens with zero attached hydrogens (tertiary/aromatic N) is 1. The van der Waals surface area contributed by atoms with Crippen LogP contribution < -0.4 is 0 Å². The molecule has 0 aromatic carbocycles. The minimum absolute atomic E-state index is 0.581. The van der Waals surface area contributed by atoms with Gasteiger partial charge in [-0.05, 0) is 13.8 Å². The monoisotopic (exact) mass is 215 g/mol. The third kappa shape index (κ3) is 5.38. The van der Waals surface area contributed by atoms with Crippen LogP contribution in [0.25, 0.3) is 0 Å². The Labute approximate surface area is 93.6 Å². The lowest BCUT2D eigenvalue weighted by Gasteiger charge is -1.94. The normalized spacial score (nSPS) is 8.64. The molecule has 14 heavy (non-hydrogen) atoms. The molecular formula is C12H25NS. The average Bonchev–Trinajstić information content (AvgIpc) is 2.54. The summed E-state index contributed by atoms with van der Waals surface area (Å²) in [6.07, 6.45) is 0. The van der Waals surface area contributed by atoms with Crippen LogP contribution in [0.2, 0.25) is 0 Å². The molecule has 0 spiro atoms. The molecule has 0 amide bonds. The van der Waals surface area contributed by atoms with E-state index in [1.54, 1.807) is 0 Å². The fourth-order valence-electron chi connectivity index (χ4n) is 0.744. The first kappa shape index (κ1) is 16.1. The molecule has 1 rings (SSSR count). The summed E-state index contributed by atoms with van der Waals surface area (Å²) in [6.45, 7) is 16.5. The van der Waals surface area contributed by atoms with Crippen molar-refractivity contribution in [3.05, 3.63) is 15.6 Å². The Morgan fingerprint density at radius 2 is 1.43 bits per heavy atom. The maximum absolute atomic E-state index is 4.43. The van der Waals surface area contributed by atoms with Crippen molar-refractivity contribution in [2.75, 3.05) is 0 Å². The van der Waals surface area contributed by atoms with Crippen molar-refractivity contribution in [1.29, 1.82) is 0 Å². The number of thiazole rings is 1. The summed E-state index contributed by atoms with van der Waals surface area (Å²) >= 11 is 1.81. The largest absolute Gasteiger partial charge is 0.246 e. The Hall–Kier alpha value is -0.370. The van der Waals surface area contributed by atoms with Crippen LogP contribution in [-0.2, 0) is 0 Å². The lowest BCUT2D eigenvalue weighted by atomic mass is 10.2. The molecule has 0 aliphatic heterocycles. The third-order valence-electron chi connectivity index (χ3n) is 1.54. The fraction of sp³-hybridized carbons (Fsp3) is 0.750. The van der Waals surface area contributed by atoms with Crippen molar-refractivity contribution in [2.45, 2.75) is 61.3 Å². The Morgan fingerprint density at radius 1 is 1.00 bits per heavy atom. The summed E-state index contributed by atoms with van der Waals surface area (Å²) in [6, 6.07) is 0. The second-order valence-electron chi connectivity index (χ2n) is 2.85. The van der Waals surface area contributed by atoms with E-state index in [2.05, 4.69) is 32.7 Å². The van der Waals surface area contributed by atoms with E-state index in [-0.39, 0.29) is 0 Å². The zero-order chi connectivity index (χ0) is 11.7. The van der Waals surface area contributed by atoms with E-state index < -0.39 is 0 Å². The smallest absolute Gasteiger partial charge is 0.0956 e. The Morgan fingerprint density at radius 3 is 1.57 bits per heavy atom. The van der Waals surface area contributed by atoms with Crippen LogP contribution in [0.1, 0.15) is 63.0 Å². The molecule has 0 fully saturated rings. The highest BCUT2D eigenvalue weighted by molar-refractivity contribution is 7.11. The minimum atomic E-state index is 0.581. The first-order valence-corrected chi connectivity index (χ1v) is 6.37. The molecule has 2 heteroatoms. The van der Waals surface area contributed by atoms with Crippen molar-refractivity contribution in [1.82, 2.24) is 4.98 Å². The lowest BCUT2D eigenvalue weighted by Crippen LogP contribution is -1.84. The van der Waals surface area contributed by atoms with Gasteiger partial charge in [-0.25, -0.2) is 4.98 Å². The van der Waals surface area contributed by atoms with Crippen molar-refractivity contribution >= 4 is 11.3 Å². The second-order valence-corrected chi connectivity index (χ2v) is 4.08. The van der Waals surface area contributed by atoms with Gasteiger partial charge in [-0.1, -0.05) is 41.5 Å². The van der Waals surface area contributed by atoms with Gasteiger partial charge in [0, 0.05) is 10.8 Å². The highest BCUT2D eigenvalue weighted by Gasteiger charge is 2.05. The topological polar surface area (TPSA) is 12.9 Å². The van der Waals surface area contributed by atoms with Gasteiger partial charge in [-0.2, -0.15) is 0 Å². The molecule has 1 aromatic heterocycles. The van der Waals surface area contributed by atoms with Gasteiger partial charge in [0.15, 0.2) is 0 Å². The van der Waals surface area contributed by atoms with Gasteiger partial charge in [0.1, 0.15) is 0 Å². The summed E-state index contributed by atoms with van der Waals surface area (Å²) in [5.74, 6) is 0.581. The molecule has 0 N–H and O–H groups in total. The van der Waals surface area contributed by atoms with Crippen LogP contribution in [0.4, 0.5) is 0 Å². The summed E-state index contributed by atoms with van der Waals surface area (Å²) < 4.78 is 0. The highest BCUT2D eigenvalue weighted by atomic mass is 32.1. The molecule has 1 heterocycles. The molecule has 0 radical (unpaired) electrons. The average molecular weight is 215 g/mol. The van der Waals surface area contributed by atoms with E-state index in [4.69, 9.17) is 0 Å². The lowest BCUT2D eigenvalue weighted by molar-refractivity contribution is 0.847. The van der Waals surface area contributed by atoms with E-state index >= 15 is 0 Å². The Balaban J connectivity index is 0. The van der Waals surface area contributed by atoms with Crippen molar-refractivity contribution in [3.63, 3.8) is 0 Å². The number of aromatic nitrogens is 1. The van der Waals surface area contributed by atoms with Crippen LogP contribution in [0.3, 0.4) is 0 Å². The van der Waals surface area contributed by atoms with Gasteiger partial charge in [-0.3, -0.25) is 0 Å². The number of hydrogen-bond donors (Lipinski definition) is 0. The van der Waals surface area contributed by atoms with Gasteiger partial charge < -0.3 is 0 Å². The summed E-state index contributed by atoms with van der Waals surface area (Å²) in [5, 5.41) is 1.26. The zero-order valence-electron chi connectivity index (χ0n) is 10.9. The summed E-state index contributed by atoms with van der Waals surface area (Å²) in [5.41, 5.74) is 1.19. The van der Waals surface area contributed by atoms with Crippen molar-refractivity contribution in [2.24, 2.45) is 0 Å². The highest BCUT2D eigenvalue weighted by Crippen LogP contribution is 2.22. The molecule has 0 aliphatic carbocycles. The number of aryl methyl sites for hydroxylation is 2. The number of rotatable bonds is 1. The van der Waals surface area contributed by atoms with E-state index in [0.29, 0.717) is 5.92 Å². The Bertz CT molecular complexity index is 207. The van der Waals surface area contributed by atoms with Crippen LogP contribution in [0, 0.1) is 13.8 Å². The predicted molar refractivity (Wildman–Crippen MR) is 68.4 cm³/mol. The molecule has 0 atom stereocenters. The molecule has 0 bridgehead atoms. The van der Waals surface area contributed by atoms with E-state index in [1.807, 2.05) is 39.0 Å². The maximum atomic E-state index is 4.43. The van der Waals surface area contributed by atoms with Crippen LogP contribution in [0.15, 0.2) is 0 Å². The van der Waals surface area contributed by atoms with Crippen molar-refractivity contribution in [3.8, 4) is 0 Å². The predicted octanol–water partition coefficient (Wildman–Crippen LogP) is 4.94. The first-order chi connectivity index (χ1) is 6.61. The summed E-state index contributed by atoms with van der Waals surface area (Å²) in [4.78, 5) is 5.78. The Kier molecular flexibility index (Phi) is 10.6. The molecule has 0 saturated carbocycles. The van der Waals surface area contributed by atoms with Crippen LogP contribution in [-0.4, -0.2) is 4.98 Å². The van der Waals surface area contributed by atoms with Gasteiger partial charge in [0.25, 0.3) is 0 Å². The number of hydrogen-bond acceptors (Lipinski definition) is 2. The molecule has 1 nitrogen and oxygen atoms in total. The SMILES string of the molecule is CC.CC.Cc1nc(C(C)C)sc1C. The van der Waals surface area contributed by atoms with Crippen LogP contribution in [0.5, 0.6) is 0 Å². The third-order valence-corrected chi connectivity index (χ3v) is 2.91. The van der Waals surface area contributed by atoms with E-state index in [0.717, 1.165) is 0 Å². The molecule has 84 valence electrons. The van der Waals surface area contributed by atoms with Gasteiger partial charge in [0.05, 0.1) is 10.7 Å². The zero-order valence-corrected chi connectivity index (χ0v) is 11.7. The molecule has 0 aliphatic rings.